The van der Waals surface area contributed by atoms with Gasteiger partial charge in [-0.05, 0) is 60.9 Å². The van der Waals surface area contributed by atoms with Crippen LogP contribution >= 0.6 is 0 Å². The van der Waals surface area contributed by atoms with Gasteiger partial charge in [0, 0.05) is 30.7 Å². The Hall–Kier alpha value is -3.19. The van der Waals surface area contributed by atoms with E-state index in [9.17, 15) is 13.2 Å². The highest BCUT2D eigenvalue weighted by Crippen LogP contribution is 2.30. The van der Waals surface area contributed by atoms with Gasteiger partial charge in [0.25, 0.3) is 0 Å². The molecule has 0 radical (unpaired) electrons. The minimum atomic E-state index is -3.59. The normalized spacial score (nSPS) is 14.3. The molecule has 0 spiro atoms. The van der Waals surface area contributed by atoms with Crippen LogP contribution in [-0.2, 0) is 16.4 Å². The standard InChI is InChI=1S/C24H25N3O3S/c28-24(26-18-19-7-6-16-25-17-19)27(20-8-4-5-9-20)21-12-14-23(15-13-21)31(29,30)22-10-2-1-3-11-22/h1-3,6-7,10-17,20H,4-5,8-9,18H2,(H,26,28). The minimum Gasteiger partial charge on any atom is -0.334 e. The van der Waals surface area contributed by atoms with Gasteiger partial charge in [0.15, 0.2) is 0 Å². The summed E-state index contributed by atoms with van der Waals surface area (Å²) in [5.41, 5.74) is 1.62. The largest absolute Gasteiger partial charge is 0.334 e. The fraction of sp³-hybridized carbons (Fsp3) is 0.250. The number of urea groups is 1. The molecular weight excluding hydrogens is 410 g/mol. The molecular formula is C24H25N3O3S. The number of aromatic nitrogens is 1. The SMILES string of the molecule is O=C(NCc1cccnc1)N(c1ccc(S(=O)(=O)c2ccccc2)cc1)C1CCCC1. The molecule has 1 saturated carbocycles. The van der Waals surface area contributed by atoms with Gasteiger partial charge in [-0.2, -0.15) is 0 Å². The Labute approximate surface area is 182 Å². The second-order valence-electron chi connectivity index (χ2n) is 7.64. The molecule has 1 aliphatic rings. The summed E-state index contributed by atoms with van der Waals surface area (Å²) in [7, 11) is -3.59. The lowest BCUT2D eigenvalue weighted by Crippen LogP contribution is -2.45. The average molecular weight is 436 g/mol. The number of rotatable bonds is 6. The molecule has 0 unspecified atom stereocenters. The van der Waals surface area contributed by atoms with Crippen molar-refractivity contribution in [3.63, 3.8) is 0 Å². The number of carbonyl (C=O) groups is 1. The smallest absolute Gasteiger partial charge is 0.322 e. The summed E-state index contributed by atoms with van der Waals surface area (Å²) in [6, 6.07) is 18.6. The Morgan fingerprint density at radius 2 is 1.61 bits per heavy atom. The Balaban J connectivity index is 1.56. The van der Waals surface area contributed by atoms with E-state index in [-0.39, 0.29) is 21.9 Å². The van der Waals surface area contributed by atoms with Crippen molar-refractivity contribution in [3.8, 4) is 0 Å². The van der Waals surface area contributed by atoms with Crippen molar-refractivity contribution in [2.45, 2.75) is 48.1 Å². The monoisotopic (exact) mass is 435 g/mol. The van der Waals surface area contributed by atoms with Gasteiger partial charge in [-0.3, -0.25) is 9.88 Å². The van der Waals surface area contributed by atoms with Crippen LogP contribution in [0.2, 0.25) is 0 Å². The van der Waals surface area contributed by atoms with Crippen molar-refractivity contribution in [3.05, 3.63) is 84.7 Å². The van der Waals surface area contributed by atoms with E-state index in [4.69, 9.17) is 0 Å². The second-order valence-corrected chi connectivity index (χ2v) is 9.59. The van der Waals surface area contributed by atoms with Gasteiger partial charge in [-0.25, -0.2) is 13.2 Å². The summed E-state index contributed by atoms with van der Waals surface area (Å²) in [6.07, 6.45) is 7.45. The fourth-order valence-corrected chi connectivity index (χ4v) is 5.23. The van der Waals surface area contributed by atoms with Crippen molar-refractivity contribution in [1.82, 2.24) is 10.3 Å². The number of nitrogens with one attached hydrogen (secondary N) is 1. The van der Waals surface area contributed by atoms with Gasteiger partial charge in [0.2, 0.25) is 9.84 Å². The van der Waals surface area contributed by atoms with Crippen molar-refractivity contribution in [2.75, 3.05) is 4.90 Å². The molecule has 1 aromatic heterocycles. The molecule has 160 valence electrons. The summed E-state index contributed by atoms with van der Waals surface area (Å²) in [6.45, 7) is 0.385. The molecule has 1 fully saturated rings. The van der Waals surface area contributed by atoms with Gasteiger partial charge in [0.05, 0.1) is 9.79 Å². The number of pyridine rings is 1. The van der Waals surface area contributed by atoms with Gasteiger partial charge in [-0.15, -0.1) is 0 Å². The molecule has 3 aromatic rings. The number of hydrogen-bond acceptors (Lipinski definition) is 4. The molecule has 2 aromatic carbocycles. The van der Waals surface area contributed by atoms with E-state index in [2.05, 4.69) is 10.3 Å². The minimum absolute atomic E-state index is 0.102. The average Bonchev–Trinajstić information content (AvgIpc) is 3.34. The summed E-state index contributed by atoms with van der Waals surface area (Å²) in [5, 5.41) is 2.97. The van der Waals surface area contributed by atoms with Crippen molar-refractivity contribution in [1.29, 1.82) is 0 Å². The fourth-order valence-electron chi connectivity index (χ4n) is 3.94. The Bertz CT molecular complexity index is 1110. The summed E-state index contributed by atoms with van der Waals surface area (Å²) >= 11 is 0. The van der Waals surface area contributed by atoms with Crippen LogP contribution in [0, 0.1) is 0 Å². The topological polar surface area (TPSA) is 79.4 Å². The maximum absolute atomic E-state index is 13.1. The van der Waals surface area contributed by atoms with Crippen LogP contribution in [0.1, 0.15) is 31.2 Å². The molecule has 2 amide bonds. The van der Waals surface area contributed by atoms with Crippen molar-refractivity contribution in [2.24, 2.45) is 0 Å². The van der Waals surface area contributed by atoms with Crippen LogP contribution in [0.25, 0.3) is 0 Å². The number of anilines is 1. The lowest BCUT2D eigenvalue weighted by Gasteiger charge is -2.29. The maximum atomic E-state index is 13.1. The predicted octanol–water partition coefficient (Wildman–Crippen LogP) is 4.57. The highest BCUT2D eigenvalue weighted by atomic mass is 32.2. The van der Waals surface area contributed by atoms with E-state index in [0.29, 0.717) is 12.2 Å². The first-order chi connectivity index (χ1) is 15.1. The number of carbonyl (C=O) groups excluding carboxylic acids is 1. The van der Waals surface area contributed by atoms with E-state index in [0.717, 1.165) is 31.2 Å². The molecule has 0 bridgehead atoms. The molecule has 1 N–H and O–H groups in total. The highest BCUT2D eigenvalue weighted by Gasteiger charge is 2.28. The molecule has 0 atom stereocenters. The van der Waals surface area contributed by atoms with E-state index in [1.807, 2.05) is 12.1 Å². The molecule has 0 aliphatic heterocycles. The Kier molecular flexibility index (Phi) is 6.32. The van der Waals surface area contributed by atoms with E-state index >= 15 is 0 Å². The Morgan fingerprint density at radius 1 is 0.935 bits per heavy atom. The number of benzene rings is 2. The van der Waals surface area contributed by atoms with Crippen molar-refractivity contribution >= 4 is 21.6 Å². The van der Waals surface area contributed by atoms with Crippen molar-refractivity contribution < 1.29 is 13.2 Å². The summed E-state index contributed by atoms with van der Waals surface area (Å²) in [5.74, 6) is 0. The molecule has 1 aliphatic carbocycles. The summed E-state index contributed by atoms with van der Waals surface area (Å²) in [4.78, 5) is 19.4. The second kappa shape index (κ2) is 9.31. The molecule has 0 saturated heterocycles. The third-order valence-corrected chi connectivity index (χ3v) is 7.34. The van der Waals surface area contributed by atoms with E-state index < -0.39 is 9.84 Å². The zero-order valence-electron chi connectivity index (χ0n) is 17.1. The molecule has 7 heteroatoms. The zero-order chi connectivity index (χ0) is 21.7. The van der Waals surface area contributed by atoms with Crippen LogP contribution in [0.3, 0.4) is 0 Å². The van der Waals surface area contributed by atoms with E-state index in [1.54, 1.807) is 71.9 Å². The van der Waals surface area contributed by atoms with E-state index in [1.165, 1.54) is 0 Å². The molecule has 6 nitrogen and oxygen atoms in total. The third kappa shape index (κ3) is 4.77. The van der Waals surface area contributed by atoms with Crippen LogP contribution in [-0.4, -0.2) is 25.5 Å². The van der Waals surface area contributed by atoms with Crippen LogP contribution in [0.15, 0.2) is 88.9 Å². The zero-order valence-corrected chi connectivity index (χ0v) is 18.0. The number of hydrogen-bond donors (Lipinski definition) is 1. The van der Waals surface area contributed by atoms with Crippen LogP contribution in [0.4, 0.5) is 10.5 Å². The number of sulfone groups is 1. The molecule has 1 heterocycles. The third-order valence-electron chi connectivity index (χ3n) is 5.55. The lowest BCUT2D eigenvalue weighted by molar-refractivity contribution is 0.243. The first-order valence-corrected chi connectivity index (χ1v) is 11.9. The van der Waals surface area contributed by atoms with Gasteiger partial charge >= 0.3 is 6.03 Å². The van der Waals surface area contributed by atoms with Gasteiger partial charge < -0.3 is 5.32 Å². The lowest BCUT2D eigenvalue weighted by atomic mass is 10.2. The number of nitrogens with zero attached hydrogens (tertiary/aromatic N) is 2. The quantitative estimate of drug-likeness (QED) is 0.615. The van der Waals surface area contributed by atoms with Gasteiger partial charge in [0.1, 0.15) is 0 Å². The summed E-state index contributed by atoms with van der Waals surface area (Å²) < 4.78 is 25.7. The molecule has 4 rings (SSSR count). The van der Waals surface area contributed by atoms with Crippen LogP contribution in [0.5, 0.6) is 0 Å². The van der Waals surface area contributed by atoms with Crippen LogP contribution < -0.4 is 10.2 Å². The highest BCUT2D eigenvalue weighted by molar-refractivity contribution is 7.91. The number of amides is 2. The molecule has 31 heavy (non-hydrogen) atoms. The Morgan fingerprint density at radius 3 is 2.26 bits per heavy atom. The predicted molar refractivity (Wildman–Crippen MR) is 120 cm³/mol. The first-order valence-electron chi connectivity index (χ1n) is 10.4. The van der Waals surface area contributed by atoms with Gasteiger partial charge in [-0.1, -0.05) is 37.1 Å². The first kappa shape index (κ1) is 21.1. The maximum Gasteiger partial charge on any atom is 0.322 e.